The second-order valence-corrected chi connectivity index (χ2v) is 10.4. The molecule has 0 aliphatic heterocycles. The summed E-state index contributed by atoms with van der Waals surface area (Å²) in [4.78, 5) is 11.8. The summed E-state index contributed by atoms with van der Waals surface area (Å²) in [5.41, 5.74) is -2.70. The zero-order chi connectivity index (χ0) is 23.9. The fourth-order valence-electron chi connectivity index (χ4n) is 3.61. The average molecular weight is 483 g/mol. The van der Waals surface area contributed by atoms with Crippen LogP contribution in [-0.2, 0) is 22.2 Å². The fourth-order valence-corrected chi connectivity index (χ4v) is 5.49. The van der Waals surface area contributed by atoms with Crippen LogP contribution in [0.25, 0.3) is 0 Å². The molecular weight excluding hydrogens is 464 g/mol. The Hall–Kier alpha value is -2.57. The molecule has 32 heavy (non-hydrogen) atoms. The van der Waals surface area contributed by atoms with Crippen LogP contribution >= 0.6 is 0 Å². The van der Waals surface area contributed by atoms with Gasteiger partial charge in [0.25, 0.3) is 5.91 Å². The van der Waals surface area contributed by atoms with E-state index in [0.717, 1.165) is 18.2 Å². The maximum atomic E-state index is 13.1. The summed E-state index contributed by atoms with van der Waals surface area (Å²) in [5, 5.41) is 7.59. The minimum atomic E-state index is -4.71. The second kappa shape index (κ2) is 8.09. The van der Waals surface area contributed by atoms with Gasteiger partial charge in [-0.15, -0.1) is 0 Å². The highest BCUT2D eigenvalue weighted by molar-refractivity contribution is 7.92. The third-order valence-corrected chi connectivity index (χ3v) is 8.19. The molecule has 0 atom stereocenters. The van der Waals surface area contributed by atoms with Gasteiger partial charge >= 0.3 is 12.4 Å². The molecule has 3 rings (SSSR count). The second-order valence-electron chi connectivity index (χ2n) is 7.89. The van der Waals surface area contributed by atoms with E-state index in [0.29, 0.717) is 12.1 Å². The monoisotopic (exact) mass is 483 g/mol. The van der Waals surface area contributed by atoms with Gasteiger partial charge in [0.15, 0.2) is 15.5 Å². The Morgan fingerprint density at radius 1 is 1.09 bits per heavy atom. The zero-order valence-corrected chi connectivity index (χ0v) is 17.5. The minimum Gasteiger partial charge on any atom is -0.348 e. The number of hydrogen-bond acceptors (Lipinski definition) is 4. The van der Waals surface area contributed by atoms with E-state index in [-0.39, 0.29) is 31.4 Å². The number of halogens is 6. The zero-order valence-electron chi connectivity index (χ0n) is 16.6. The maximum Gasteiger partial charge on any atom is 0.435 e. The molecule has 1 aliphatic rings. The predicted octanol–water partition coefficient (Wildman–Crippen LogP) is 4.35. The van der Waals surface area contributed by atoms with Crippen LogP contribution in [-0.4, -0.2) is 35.3 Å². The van der Waals surface area contributed by atoms with Gasteiger partial charge < -0.3 is 5.32 Å². The van der Waals surface area contributed by atoms with Crippen molar-refractivity contribution in [3.8, 4) is 0 Å². The van der Waals surface area contributed by atoms with Crippen molar-refractivity contribution in [1.29, 1.82) is 0 Å². The average Bonchev–Trinajstić information content (AvgIpc) is 3.20. The molecule has 0 bridgehead atoms. The van der Waals surface area contributed by atoms with E-state index in [9.17, 15) is 39.6 Å². The molecule has 1 aromatic heterocycles. The Kier molecular flexibility index (Phi) is 6.09. The Labute approximate surface area is 179 Å². The standard InChI is InChI=1S/C19H19F6N3O3S/c1-17(32(30,31)13-4-2-3-11(9-13)18(20,21)22)7-5-12(6-8-17)26-16(29)14-10-15(28-27-14)19(23,24)25/h2-4,9-10,12H,5-8H2,1H3,(H,26,29)(H,27,28). The van der Waals surface area contributed by atoms with E-state index in [4.69, 9.17) is 0 Å². The molecule has 6 nitrogen and oxygen atoms in total. The molecule has 2 N–H and O–H groups in total. The molecule has 0 saturated heterocycles. The van der Waals surface area contributed by atoms with Crippen LogP contribution in [0, 0.1) is 0 Å². The van der Waals surface area contributed by atoms with Crippen molar-refractivity contribution in [3.63, 3.8) is 0 Å². The quantitative estimate of drug-likeness (QED) is 0.633. The molecule has 13 heteroatoms. The van der Waals surface area contributed by atoms with Crippen LogP contribution in [0.4, 0.5) is 26.3 Å². The number of sulfone groups is 1. The predicted molar refractivity (Wildman–Crippen MR) is 100 cm³/mol. The van der Waals surface area contributed by atoms with E-state index in [1.54, 1.807) is 0 Å². The van der Waals surface area contributed by atoms with Crippen molar-refractivity contribution in [3.05, 3.63) is 47.3 Å². The lowest BCUT2D eigenvalue weighted by Gasteiger charge is -2.37. The SMILES string of the molecule is CC1(S(=O)(=O)c2cccc(C(F)(F)F)c2)CCC(NC(=O)c2cc(C(F)(F)F)n[nH]2)CC1. The number of alkyl halides is 6. The van der Waals surface area contributed by atoms with E-state index < -0.39 is 55.0 Å². The molecule has 1 amide bonds. The lowest BCUT2D eigenvalue weighted by atomic mass is 9.86. The van der Waals surface area contributed by atoms with Crippen molar-refractivity contribution in [2.45, 2.75) is 60.6 Å². The van der Waals surface area contributed by atoms with Crippen LogP contribution < -0.4 is 5.32 Å². The summed E-state index contributed by atoms with van der Waals surface area (Å²) >= 11 is 0. The van der Waals surface area contributed by atoms with Crippen LogP contribution in [0.3, 0.4) is 0 Å². The normalized spacial score (nSPS) is 22.5. The third kappa shape index (κ3) is 4.76. The molecule has 1 heterocycles. The molecule has 1 saturated carbocycles. The van der Waals surface area contributed by atoms with Crippen molar-refractivity contribution in [2.24, 2.45) is 0 Å². The summed E-state index contributed by atoms with van der Waals surface area (Å²) in [7, 11) is -4.12. The molecule has 1 aromatic carbocycles. The fraction of sp³-hybridized carbons (Fsp3) is 0.474. The van der Waals surface area contributed by atoms with E-state index in [1.165, 1.54) is 6.92 Å². The van der Waals surface area contributed by atoms with Gasteiger partial charge in [-0.25, -0.2) is 8.42 Å². The first-order valence-electron chi connectivity index (χ1n) is 9.49. The number of rotatable bonds is 4. The van der Waals surface area contributed by atoms with Gasteiger partial charge in [-0.05, 0) is 50.8 Å². The number of hydrogen-bond donors (Lipinski definition) is 2. The van der Waals surface area contributed by atoms with Gasteiger partial charge in [-0.2, -0.15) is 31.4 Å². The number of aromatic nitrogens is 2. The highest BCUT2D eigenvalue weighted by atomic mass is 32.2. The molecule has 0 radical (unpaired) electrons. The van der Waals surface area contributed by atoms with E-state index >= 15 is 0 Å². The van der Waals surface area contributed by atoms with Crippen molar-refractivity contribution < 1.29 is 39.6 Å². The summed E-state index contributed by atoms with van der Waals surface area (Å²) in [6.07, 6.45) is -8.94. The lowest BCUT2D eigenvalue weighted by molar-refractivity contribution is -0.141. The summed E-state index contributed by atoms with van der Waals surface area (Å²) in [5.74, 6) is -0.817. The van der Waals surface area contributed by atoms with Gasteiger partial charge in [-0.1, -0.05) is 6.07 Å². The number of nitrogens with one attached hydrogen (secondary N) is 2. The summed E-state index contributed by atoms with van der Waals surface area (Å²) in [6, 6.07) is 3.59. The van der Waals surface area contributed by atoms with Crippen molar-refractivity contribution in [2.75, 3.05) is 0 Å². The molecule has 0 unspecified atom stereocenters. The first-order valence-corrected chi connectivity index (χ1v) is 11.0. The molecule has 176 valence electrons. The summed E-state index contributed by atoms with van der Waals surface area (Å²) < 4.78 is 102. The van der Waals surface area contributed by atoms with Crippen LogP contribution in [0.15, 0.2) is 35.2 Å². The van der Waals surface area contributed by atoms with E-state index in [2.05, 4.69) is 10.4 Å². The van der Waals surface area contributed by atoms with Gasteiger partial charge in [0.2, 0.25) is 0 Å². The number of carbonyl (C=O) groups is 1. The Morgan fingerprint density at radius 3 is 2.25 bits per heavy atom. The highest BCUT2D eigenvalue weighted by Crippen LogP contribution is 2.40. The first-order chi connectivity index (χ1) is 14.6. The molecular formula is C19H19F6N3O3S. The number of amides is 1. The maximum absolute atomic E-state index is 13.1. The van der Waals surface area contributed by atoms with E-state index in [1.807, 2.05) is 5.10 Å². The number of carbonyl (C=O) groups excluding carboxylic acids is 1. The van der Waals surface area contributed by atoms with Gasteiger partial charge in [0.05, 0.1) is 15.2 Å². The van der Waals surface area contributed by atoms with Gasteiger partial charge in [-0.3, -0.25) is 9.89 Å². The van der Waals surface area contributed by atoms with Crippen LogP contribution in [0.5, 0.6) is 0 Å². The molecule has 0 spiro atoms. The van der Waals surface area contributed by atoms with Crippen LogP contribution in [0.1, 0.15) is 54.4 Å². The largest absolute Gasteiger partial charge is 0.435 e. The highest BCUT2D eigenvalue weighted by Gasteiger charge is 2.44. The third-order valence-electron chi connectivity index (χ3n) is 5.61. The minimum absolute atomic E-state index is 0.0489. The van der Waals surface area contributed by atoms with Crippen molar-refractivity contribution in [1.82, 2.24) is 15.5 Å². The Bertz CT molecular complexity index is 1100. The topological polar surface area (TPSA) is 91.9 Å². The molecule has 1 fully saturated rings. The number of aromatic amines is 1. The van der Waals surface area contributed by atoms with Gasteiger partial charge in [0, 0.05) is 12.1 Å². The lowest BCUT2D eigenvalue weighted by Crippen LogP contribution is -2.45. The Morgan fingerprint density at radius 2 is 1.72 bits per heavy atom. The van der Waals surface area contributed by atoms with Crippen LogP contribution in [0.2, 0.25) is 0 Å². The number of H-pyrrole nitrogens is 1. The smallest absolute Gasteiger partial charge is 0.348 e. The Balaban J connectivity index is 1.69. The molecule has 2 aromatic rings. The number of benzene rings is 1. The van der Waals surface area contributed by atoms with Crippen molar-refractivity contribution >= 4 is 15.7 Å². The number of nitrogens with zero attached hydrogens (tertiary/aromatic N) is 1. The first kappa shape index (κ1) is 24.1. The molecule has 1 aliphatic carbocycles. The van der Waals surface area contributed by atoms with Gasteiger partial charge in [0.1, 0.15) is 5.69 Å². The summed E-state index contributed by atoms with van der Waals surface area (Å²) in [6.45, 7) is 1.44.